The second kappa shape index (κ2) is 5.52. The molecule has 0 aliphatic carbocycles. The van der Waals surface area contributed by atoms with Crippen molar-refractivity contribution in [2.24, 2.45) is 0 Å². The molecule has 0 heterocycles. The molecule has 0 saturated heterocycles. The summed E-state index contributed by atoms with van der Waals surface area (Å²) in [6.07, 6.45) is 0. The molecule has 0 saturated carbocycles. The van der Waals surface area contributed by atoms with Gasteiger partial charge < -0.3 is 10.2 Å². The predicted octanol–water partition coefficient (Wildman–Crippen LogP) is -1.31. The van der Waals surface area contributed by atoms with Crippen LogP contribution < -0.4 is 0 Å². The second-order valence-corrected chi connectivity index (χ2v) is 0.855. The molecule has 0 spiro atoms. The molecule has 3 nitrogen and oxygen atoms in total. The summed E-state index contributed by atoms with van der Waals surface area (Å²) in [6.45, 7) is -1.12. The van der Waals surface area contributed by atoms with Crippen LogP contribution in [-0.4, -0.2) is 29.2 Å². The number of carbonyl (C=O) groups excluding carboxylic acids is 1. The van der Waals surface area contributed by atoms with Crippen molar-refractivity contribution < 1.29 is 19.7 Å². The van der Waals surface area contributed by atoms with Gasteiger partial charge in [0.2, 0.25) is 0 Å². The zero-order valence-corrected chi connectivity index (χ0v) is 3.63. The van der Waals surface area contributed by atoms with Crippen LogP contribution in [0.4, 0.5) is 4.70 Å². The Hall–Kier alpha value is -0.480. The van der Waals surface area contributed by atoms with Gasteiger partial charge in [-0.05, 0) is 0 Å². The highest BCUT2D eigenvalue weighted by molar-refractivity contribution is 5.80. The first-order valence-corrected chi connectivity index (χ1v) is 1.54. The van der Waals surface area contributed by atoms with Crippen LogP contribution in [0.2, 0.25) is 0 Å². The van der Waals surface area contributed by atoms with Crippen molar-refractivity contribution in [2.45, 2.75) is 0 Å². The quantitative estimate of drug-likeness (QED) is 0.464. The highest BCUT2D eigenvalue weighted by atomic mass is 19.0. The third-order valence-corrected chi connectivity index (χ3v) is 0.353. The molecule has 0 rings (SSSR count). The van der Waals surface area contributed by atoms with Crippen molar-refractivity contribution in [3.63, 3.8) is 0 Å². The van der Waals surface area contributed by atoms with Crippen LogP contribution in [0.3, 0.4) is 0 Å². The van der Waals surface area contributed by atoms with E-state index in [0.29, 0.717) is 0 Å². The summed E-state index contributed by atoms with van der Waals surface area (Å²) in [7, 11) is 0. The lowest BCUT2D eigenvalue weighted by Gasteiger charge is -1.81. The fraction of sp³-hybridized carbons (Fsp3) is 0.667. The third-order valence-electron chi connectivity index (χ3n) is 0.353. The van der Waals surface area contributed by atoms with Crippen molar-refractivity contribution >= 4 is 5.78 Å². The van der Waals surface area contributed by atoms with Crippen LogP contribution in [0.5, 0.6) is 0 Å². The summed E-state index contributed by atoms with van der Waals surface area (Å²) in [5.41, 5.74) is 0. The first-order valence-electron chi connectivity index (χ1n) is 1.54. The van der Waals surface area contributed by atoms with Crippen molar-refractivity contribution in [1.29, 1.82) is 0 Å². The maximum Gasteiger partial charge on any atom is 0.183 e. The molecule has 0 bridgehead atoms. The SMILES string of the molecule is F.O=C(CO)CO. The Balaban J connectivity index is 0. The Labute approximate surface area is 39.9 Å². The Morgan fingerprint density at radius 1 is 1.29 bits per heavy atom. The van der Waals surface area contributed by atoms with E-state index in [0.717, 1.165) is 0 Å². The number of Topliss-reactive ketones (excluding diaryl/α,β-unsaturated/α-hetero) is 1. The molecule has 0 radical (unpaired) electrons. The molecule has 2 N–H and O–H groups in total. The predicted molar refractivity (Wildman–Crippen MR) is 21.7 cm³/mol. The molecular weight excluding hydrogens is 103 g/mol. The average molecular weight is 110 g/mol. The number of halogens is 1. The summed E-state index contributed by atoms with van der Waals surface area (Å²) in [6, 6.07) is 0. The number of aliphatic hydroxyl groups is 2. The van der Waals surface area contributed by atoms with Gasteiger partial charge in [-0.1, -0.05) is 0 Å². The van der Waals surface area contributed by atoms with Crippen LogP contribution in [0.1, 0.15) is 0 Å². The molecule has 0 aromatic carbocycles. The number of ketones is 1. The summed E-state index contributed by atoms with van der Waals surface area (Å²) in [4.78, 5) is 9.68. The molecule has 0 fully saturated rings. The van der Waals surface area contributed by atoms with Gasteiger partial charge in [0.05, 0.1) is 0 Å². The molecule has 4 heteroatoms. The van der Waals surface area contributed by atoms with E-state index >= 15 is 0 Å². The van der Waals surface area contributed by atoms with Crippen LogP contribution in [0, 0.1) is 0 Å². The van der Waals surface area contributed by atoms with Gasteiger partial charge in [-0.25, -0.2) is 0 Å². The molecule has 0 atom stereocenters. The van der Waals surface area contributed by atoms with Gasteiger partial charge in [-0.2, -0.15) is 0 Å². The zero-order chi connectivity index (χ0) is 4.99. The molecule has 7 heavy (non-hydrogen) atoms. The van der Waals surface area contributed by atoms with E-state index in [4.69, 9.17) is 10.2 Å². The van der Waals surface area contributed by atoms with Gasteiger partial charge in [0.25, 0.3) is 0 Å². The van der Waals surface area contributed by atoms with Crippen LogP contribution >= 0.6 is 0 Å². The minimum atomic E-state index is -0.559. The molecular formula is C3H7FO3. The van der Waals surface area contributed by atoms with Crippen LogP contribution in [0.15, 0.2) is 0 Å². The molecule has 0 aromatic heterocycles. The highest BCUT2D eigenvalue weighted by Crippen LogP contribution is 1.59. The maximum atomic E-state index is 9.68. The van der Waals surface area contributed by atoms with Gasteiger partial charge in [0.1, 0.15) is 13.2 Å². The second-order valence-electron chi connectivity index (χ2n) is 0.855. The molecule has 0 unspecified atom stereocenters. The van der Waals surface area contributed by atoms with E-state index in [9.17, 15) is 4.79 Å². The molecule has 0 amide bonds. The average Bonchev–Trinajstić information content (AvgIpc) is 1.65. The van der Waals surface area contributed by atoms with Crippen molar-refractivity contribution in [3.05, 3.63) is 0 Å². The lowest BCUT2D eigenvalue weighted by Crippen LogP contribution is -2.07. The Morgan fingerprint density at radius 3 is 1.57 bits per heavy atom. The normalized spacial score (nSPS) is 7.14. The fourth-order valence-corrected chi connectivity index (χ4v) is 0.0500. The van der Waals surface area contributed by atoms with E-state index in [1.807, 2.05) is 0 Å². The first-order chi connectivity index (χ1) is 2.81. The van der Waals surface area contributed by atoms with E-state index in [1.165, 1.54) is 0 Å². The number of aliphatic hydroxyl groups excluding tert-OH is 2. The van der Waals surface area contributed by atoms with Gasteiger partial charge >= 0.3 is 0 Å². The van der Waals surface area contributed by atoms with Gasteiger partial charge in [-0.3, -0.25) is 9.50 Å². The minimum Gasteiger partial charge on any atom is -0.388 e. The van der Waals surface area contributed by atoms with Crippen molar-refractivity contribution in [2.75, 3.05) is 13.2 Å². The topological polar surface area (TPSA) is 57.5 Å². The Morgan fingerprint density at radius 2 is 1.57 bits per heavy atom. The summed E-state index contributed by atoms with van der Waals surface area (Å²) >= 11 is 0. The van der Waals surface area contributed by atoms with Crippen LogP contribution in [0.25, 0.3) is 0 Å². The van der Waals surface area contributed by atoms with Crippen molar-refractivity contribution in [1.82, 2.24) is 0 Å². The van der Waals surface area contributed by atoms with E-state index < -0.39 is 19.0 Å². The van der Waals surface area contributed by atoms with E-state index in [2.05, 4.69) is 0 Å². The summed E-state index contributed by atoms with van der Waals surface area (Å²) in [5.74, 6) is -0.546. The summed E-state index contributed by atoms with van der Waals surface area (Å²) < 4.78 is 0. The number of rotatable bonds is 2. The molecule has 0 aromatic rings. The van der Waals surface area contributed by atoms with Gasteiger partial charge in [-0.15, -0.1) is 0 Å². The lowest BCUT2D eigenvalue weighted by atomic mass is 10.5. The van der Waals surface area contributed by atoms with E-state index in [-0.39, 0.29) is 4.70 Å². The Kier molecular flexibility index (Phi) is 7.67. The Bertz CT molecular complexity index is 48.1. The number of hydrogen-bond acceptors (Lipinski definition) is 3. The van der Waals surface area contributed by atoms with E-state index in [1.54, 1.807) is 0 Å². The first kappa shape index (κ1) is 9.72. The van der Waals surface area contributed by atoms with Gasteiger partial charge in [0, 0.05) is 0 Å². The van der Waals surface area contributed by atoms with Gasteiger partial charge in [0.15, 0.2) is 5.78 Å². The van der Waals surface area contributed by atoms with Crippen molar-refractivity contribution in [3.8, 4) is 0 Å². The van der Waals surface area contributed by atoms with Crippen LogP contribution in [-0.2, 0) is 4.79 Å². The number of carbonyl (C=O) groups is 1. The fourth-order valence-electron chi connectivity index (χ4n) is 0.0500. The summed E-state index contributed by atoms with van der Waals surface area (Å²) in [5, 5.41) is 15.7. The molecule has 0 aliphatic rings. The number of hydrogen-bond donors (Lipinski definition) is 2. The standard InChI is InChI=1S/C3H6O3.FH/c4-1-3(6)2-5;/h4-5H,1-2H2;1H. The smallest absolute Gasteiger partial charge is 0.183 e. The maximum absolute atomic E-state index is 9.68. The molecule has 0 aliphatic heterocycles. The zero-order valence-electron chi connectivity index (χ0n) is 3.63. The third kappa shape index (κ3) is 5.52. The largest absolute Gasteiger partial charge is 0.388 e. The monoisotopic (exact) mass is 110 g/mol. The molecule has 44 valence electrons. The minimum absolute atomic E-state index is 0. The lowest BCUT2D eigenvalue weighted by molar-refractivity contribution is -0.124. The highest BCUT2D eigenvalue weighted by Gasteiger charge is 1.89.